The normalized spacial score (nSPS) is 11.6. The van der Waals surface area contributed by atoms with Gasteiger partial charge in [0.15, 0.2) is 5.76 Å². The minimum Gasteiger partial charge on any atom is -0.433 e. The molecule has 0 aliphatic heterocycles. The van der Waals surface area contributed by atoms with Crippen molar-refractivity contribution in [1.82, 2.24) is 4.98 Å². The van der Waals surface area contributed by atoms with E-state index < -0.39 is 17.9 Å². The number of allylic oxidation sites excluding steroid dienone is 1. The summed E-state index contributed by atoms with van der Waals surface area (Å²) in [6, 6.07) is 4.94. The molecule has 0 fully saturated rings. The first-order valence-corrected chi connectivity index (χ1v) is 5.29. The molecule has 0 N–H and O–H groups in total. The number of hydrogen-bond donors (Lipinski definition) is 0. The van der Waals surface area contributed by atoms with Crippen LogP contribution in [0.3, 0.4) is 0 Å². The summed E-state index contributed by atoms with van der Waals surface area (Å²) in [7, 11) is 0. The molecule has 100 valence electrons. The average Bonchev–Trinajstić information content (AvgIpc) is 2.74. The predicted molar refractivity (Wildman–Crippen MR) is 61.6 cm³/mol. The second kappa shape index (κ2) is 4.53. The summed E-state index contributed by atoms with van der Waals surface area (Å²) < 4.78 is 55.2. The van der Waals surface area contributed by atoms with Crippen LogP contribution in [-0.4, -0.2) is 4.98 Å². The Labute approximate surface area is 106 Å². The smallest absolute Gasteiger partial charge is 0.433 e. The predicted octanol–water partition coefficient (Wildman–Crippen LogP) is 4.53. The van der Waals surface area contributed by atoms with Crippen LogP contribution in [0.2, 0.25) is 0 Å². The average molecular weight is 271 g/mol. The maximum Gasteiger partial charge on any atom is 0.468 e. The standard InChI is InChI=1S/C13H9F4NO/c1-7(2)11-10(8-3-5-9(14)6-4-8)18-12(19-11)13(15,16)17/h3-6H,1H2,2H3. The fourth-order valence-corrected chi connectivity index (χ4v) is 1.53. The molecule has 0 radical (unpaired) electrons. The van der Waals surface area contributed by atoms with E-state index in [4.69, 9.17) is 4.42 Å². The molecule has 2 aromatic rings. The molecule has 19 heavy (non-hydrogen) atoms. The van der Waals surface area contributed by atoms with Gasteiger partial charge in [-0.1, -0.05) is 6.58 Å². The molecule has 1 aromatic carbocycles. The van der Waals surface area contributed by atoms with Crippen LogP contribution in [0.4, 0.5) is 17.6 Å². The Bertz CT molecular complexity index is 611. The third-order valence-corrected chi connectivity index (χ3v) is 2.37. The highest BCUT2D eigenvalue weighted by atomic mass is 19.4. The summed E-state index contributed by atoms with van der Waals surface area (Å²) in [6.45, 7) is 5.06. The highest BCUT2D eigenvalue weighted by molar-refractivity contribution is 5.73. The van der Waals surface area contributed by atoms with Gasteiger partial charge in [0, 0.05) is 5.56 Å². The van der Waals surface area contributed by atoms with E-state index in [2.05, 4.69) is 11.6 Å². The second-order valence-electron chi connectivity index (χ2n) is 3.98. The molecule has 2 nitrogen and oxygen atoms in total. The molecule has 0 spiro atoms. The van der Waals surface area contributed by atoms with Gasteiger partial charge in [0.25, 0.3) is 0 Å². The van der Waals surface area contributed by atoms with Crippen molar-refractivity contribution in [2.24, 2.45) is 0 Å². The summed E-state index contributed by atoms with van der Waals surface area (Å²) in [5, 5.41) is 0. The molecule has 0 aliphatic rings. The van der Waals surface area contributed by atoms with E-state index in [1.165, 1.54) is 19.1 Å². The minimum absolute atomic E-state index is 0.000162. The van der Waals surface area contributed by atoms with Crippen LogP contribution in [0.1, 0.15) is 18.6 Å². The zero-order chi connectivity index (χ0) is 14.2. The Morgan fingerprint density at radius 2 is 1.79 bits per heavy atom. The van der Waals surface area contributed by atoms with E-state index in [-0.39, 0.29) is 11.5 Å². The summed E-state index contributed by atoms with van der Waals surface area (Å²) in [5.74, 6) is -1.89. The quantitative estimate of drug-likeness (QED) is 0.750. The maximum absolute atomic E-state index is 12.8. The fraction of sp³-hybridized carbons (Fsp3) is 0.154. The van der Waals surface area contributed by atoms with Crippen molar-refractivity contribution in [2.45, 2.75) is 13.1 Å². The Morgan fingerprint density at radius 3 is 2.26 bits per heavy atom. The summed E-state index contributed by atoms with van der Waals surface area (Å²) in [4.78, 5) is 3.43. The number of nitrogens with zero attached hydrogens (tertiary/aromatic N) is 1. The summed E-state index contributed by atoms with van der Waals surface area (Å²) in [6.07, 6.45) is -4.68. The third kappa shape index (κ3) is 2.67. The molecule has 0 aliphatic carbocycles. The van der Waals surface area contributed by atoms with Crippen molar-refractivity contribution in [3.8, 4) is 11.3 Å². The van der Waals surface area contributed by atoms with Crippen molar-refractivity contribution >= 4 is 5.57 Å². The van der Waals surface area contributed by atoms with E-state index in [0.29, 0.717) is 11.1 Å². The van der Waals surface area contributed by atoms with Crippen LogP contribution in [-0.2, 0) is 6.18 Å². The zero-order valence-corrected chi connectivity index (χ0v) is 9.88. The molecule has 0 bridgehead atoms. The van der Waals surface area contributed by atoms with Crippen molar-refractivity contribution < 1.29 is 22.0 Å². The van der Waals surface area contributed by atoms with Gasteiger partial charge >= 0.3 is 12.1 Å². The van der Waals surface area contributed by atoms with Crippen LogP contribution in [0.25, 0.3) is 16.8 Å². The van der Waals surface area contributed by atoms with Crippen LogP contribution in [0.5, 0.6) is 0 Å². The number of rotatable bonds is 2. The maximum atomic E-state index is 12.8. The van der Waals surface area contributed by atoms with Gasteiger partial charge in [0.1, 0.15) is 11.5 Å². The van der Waals surface area contributed by atoms with E-state index in [0.717, 1.165) is 12.1 Å². The molecular weight excluding hydrogens is 262 g/mol. The minimum atomic E-state index is -4.68. The second-order valence-corrected chi connectivity index (χ2v) is 3.98. The number of oxazole rings is 1. The number of benzene rings is 1. The van der Waals surface area contributed by atoms with Crippen LogP contribution in [0.15, 0.2) is 35.3 Å². The summed E-state index contributed by atoms with van der Waals surface area (Å²) >= 11 is 0. The van der Waals surface area contributed by atoms with Gasteiger partial charge in [-0.3, -0.25) is 0 Å². The van der Waals surface area contributed by atoms with Gasteiger partial charge in [-0.15, -0.1) is 0 Å². The van der Waals surface area contributed by atoms with Gasteiger partial charge in [0.05, 0.1) is 0 Å². The molecule has 0 unspecified atom stereocenters. The molecule has 1 aromatic heterocycles. The molecule has 0 amide bonds. The van der Waals surface area contributed by atoms with E-state index in [9.17, 15) is 17.6 Å². The zero-order valence-electron chi connectivity index (χ0n) is 9.88. The van der Waals surface area contributed by atoms with E-state index >= 15 is 0 Å². The van der Waals surface area contributed by atoms with Gasteiger partial charge < -0.3 is 4.42 Å². The Kier molecular flexibility index (Phi) is 3.18. The van der Waals surface area contributed by atoms with E-state index in [1.807, 2.05) is 0 Å². The number of hydrogen-bond acceptors (Lipinski definition) is 2. The Hall–Kier alpha value is -2.11. The van der Waals surface area contributed by atoms with Gasteiger partial charge in [-0.05, 0) is 36.8 Å². The van der Waals surface area contributed by atoms with Gasteiger partial charge in [-0.25, -0.2) is 9.37 Å². The fourth-order valence-electron chi connectivity index (χ4n) is 1.53. The molecule has 1 heterocycles. The lowest BCUT2D eigenvalue weighted by molar-refractivity contribution is -0.157. The molecule has 6 heteroatoms. The lowest BCUT2D eigenvalue weighted by Crippen LogP contribution is -2.04. The van der Waals surface area contributed by atoms with E-state index in [1.54, 1.807) is 0 Å². The lowest BCUT2D eigenvalue weighted by Gasteiger charge is -1.99. The monoisotopic (exact) mass is 271 g/mol. The third-order valence-electron chi connectivity index (χ3n) is 2.37. The first-order chi connectivity index (χ1) is 8.79. The number of aromatic nitrogens is 1. The topological polar surface area (TPSA) is 26.0 Å². The SMILES string of the molecule is C=C(C)c1oc(C(F)(F)F)nc1-c1ccc(F)cc1. The Balaban J connectivity index is 2.58. The lowest BCUT2D eigenvalue weighted by atomic mass is 10.1. The first-order valence-electron chi connectivity index (χ1n) is 5.29. The highest BCUT2D eigenvalue weighted by Crippen LogP contribution is 2.35. The van der Waals surface area contributed by atoms with Crippen molar-refractivity contribution in [2.75, 3.05) is 0 Å². The van der Waals surface area contributed by atoms with Crippen LogP contribution < -0.4 is 0 Å². The van der Waals surface area contributed by atoms with Crippen molar-refractivity contribution in [1.29, 1.82) is 0 Å². The molecular formula is C13H9F4NO. The van der Waals surface area contributed by atoms with Crippen LogP contribution >= 0.6 is 0 Å². The number of alkyl halides is 3. The van der Waals surface area contributed by atoms with Gasteiger partial charge in [0.2, 0.25) is 0 Å². The van der Waals surface area contributed by atoms with Crippen molar-refractivity contribution in [3.05, 3.63) is 48.3 Å². The first kappa shape index (κ1) is 13.3. The van der Waals surface area contributed by atoms with Crippen molar-refractivity contribution in [3.63, 3.8) is 0 Å². The molecule has 0 saturated carbocycles. The molecule has 0 saturated heterocycles. The Morgan fingerprint density at radius 1 is 1.21 bits per heavy atom. The van der Waals surface area contributed by atoms with Gasteiger partial charge in [-0.2, -0.15) is 13.2 Å². The number of halogens is 4. The van der Waals surface area contributed by atoms with Crippen LogP contribution in [0, 0.1) is 5.82 Å². The largest absolute Gasteiger partial charge is 0.468 e. The molecule has 0 atom stereocenters. The molecule has 2 rings (SSSR count). The highest BCUT2D eigenvalue weighted by Gasteiger charge is 2.38. The summed E-state index contributed by atoms with van der Waals surface area (Å²) in [5.41, 5.74) is 0.640.